The van der Waals surface area contributed by atoms with Crippen molar-refractivity contribution in [2.75, 3.05) is 0 Å². The van der Waals surface area contributed by atoms with Gasteiger partial charge in [0.25, 0.3) is 0 Å². The van der Waals surface area contributed by atoms with E-state index in [2.05, 4.69) is 15.5 Å². The van der Waals surface area contributed by atoms with E-state index in [0.29, 0.717) is 0 Å². The van der Waals surface area contributed by atoms with Crippen LogP contribution in [0.15, 0.2) is 40.4 Å². The average Bonchev–Trinajstić information content (AvgIpc) is 2.19. The molecule has 3 N–H and O–H groups in total. The second kappa shape index (κ2) is 3.37. The SMILES string of the molecule is NC1C=NNC(c2ccccc2)=N1. The molecular weight excluding hydrogens is 164 g/mol. The van der Waals surface area contributed by atoms with E-state index >= 15 is 0 Å². The first-order chi connectivity index (χ1) is 6.36. The van der Waals surface area contributed by atoms with Crippen LogP contribution in [0, 0.1) is 0 Å². The standard InChI is InChI=1S/C9H10N4/c10-8-6-11-13-9(12-8)7-4-2-1-3-5-7/h1-6,8H,10H2,(H,12,13). The third-order valence-corrected chi connectivity index (χ3v) is 1.72. The zero-order valence-electron chi connectivity index (χ0n) is 7.01. The molecule has 4 nitrogen and oxygen atoms in total. The summed E-state index contributed by atoms with van der Waals surface area (Å²) in [7, 11) is 0. The number of nitrogens with zero attached hydrogens (tertiary/aromatic N) is 2. The van der Waals surface area contributed by atoms with Gasteiger partial charge in [0.1, 0.15) is 6.17 Å². The molecule has 66 valence electrons. The fourth-order valence-electron chi connectivity index (χ4n) is 1.12. The van der Waals surface area contributed by atoms with Crippen molar-refractivity contribution in [1.29, 1.82) is 0 Å². The molecular formula is C9H10N4. The van der Waals surface area contributed by atoms with E-state index in [1.165, 1.54) is 0 Å². The number of hydrogen-bond acceptors (Lipinski definition) is 4. The molecule has 1 aromatic carbocycles. The number of aliphatic imine (C=N–C) groups is 1. The maximum Gasteiger partial charge on any atom is 0.150 e. The van der Waals surface area contributed by atoms with Crippen molar-refractivity contribution in [1.82, 2.24) is 5.43 Å². The molecule has 1 aliphatic rings. The lowest BCUT2D eigenvalue weighted by atomic mass is 10.2. The van der Waals surface area contributed by atoms with Crippen molar-refractivity contribution in [3.63, 3.8) is 0 Å². The Morgan fingerprint density at radius 3 is 2.69 bits per heavy atom. The van der Waals surface area contributed by atoms with Crippen LogP contribution < -0.4 is 11.2 Å². The summed E-state index contributed by atoms with van der Waals surface area (Å²) in [5.41, 5.74) is 9.39. The van der Waals surface area contributed by atoms with Crippen LogP contribution in [-0.2, 0) is 0 Å². The van der Waals surface area contributed by atoms with Gasteiger partial charge in [-0.25, -0.2) is 4.99 Å². The van der Waals surface area contributed by atoms with Gasteiger partial charge in [0.15, 0.2) is 5.84 Å². The highest BCUT2D eigenvalue weighted by molar-refractivity contribution is 6.00. The van der Waals surface area contributed by atoms with Crippen LogP contribution >= 0.6 is 0 Å². The van der Waals surface area contributed by atoms with Crippen LogP contribution in [0.4, 0.5) is 0 Å². The van der Waals surface area contributed by atoms with Gasteiger partial charge >= 0.3 is 0 Å². The Bertz CT molecular complexity index is 342. The molecule has 2 rings (SSSR count). The quantitative estimate of drug-likeness (QED) is 0.643. The van der Waals surface area contributed by atoms with Crippen molar-refractivity contribution in [3.05, 3.63) is 35.9 Å². The lowest BCUT2D eigenvalue weighted by Gasteiger charge is -2.12. The van der Waals surface area contributed by atoms with E-state index in [-0.39, 0.29) is 6.17 Å². The van der Waals surface area contributed by atoms with Gasteiger partial charge in [-0.3, -0.25) is 5.43 Å². The molecule has 0 fully saturated rings. The highest BCUT2D eigenvalue weighted by Gasteiger charge is 2.07. The number of rotatable bonds is 1. The molecule has 0 bridgehead atoms. The zero-order valence-corrected chi connectivity index (χ0v) is 7.01. The minimum Gasteiger partial charge on any atom is -0.305 e. The van der Waals surface area contributed by atoms with E-state index in [0.717, 1.165) is 11.4 Å². The van der Waals surface area contributed by atoms with Crippen molar-refractivity contribution in [3.8, 4) is 0 Å². The predicted molar refractivity (Wildman–Crippen MR) is 52.6 cm³/mol. The van der Waals surface area contributed by atoms with Gasteiger partial charge in [-0.05, 0) is 0 Å². The molecule has 0 saturated heterocycles. The minimum absolute atomic E-state index is 0.337. The topological polar surface area (TPSA) is 62.8 Å². The summed E-state index contributed by atoms with van der Waals surface area (Å²) in [5, 5.41) is 3.89. The molecule has 0 radical (unpaired) electrons. The summed E-state index contributed by atoms with van der Waals surface area (Å²) in [4.78, 5) is 4.19. The van der Waals surface area contributed by atoms with Crippen molar-refractivity contribution >= 4 is 12.1 Å². The zero-order chi connectivity index (χ0) is 9.10. The molecule has 0 aliphatic carbocycles. The van der Waals surface area contributed by atoms with Gasteiger partial charge in [-0.2, -0.15) is 5.10 Å². The van der Waals surface area contributed by atoms with E-state index in [9.17, 15) is 0 Å². The van der Waals surface area contributed by atoms with E-state index in [4.69, 9.17) is 5.73 Å². The molecule has 0 amide bonds. The highest BCUT2D eigenvalue weighted by Crippen LogP contribution is 2.01. The summed E-state index contributed by atoms with van der Waals surface area (Å²) < 4.78 is 0. The first kappa shape index (κ1) is 7.94. The number of hydrazone groups is 1. The molecule has 1 aromatic rings. The van der Waals surface area contributed by atoms with Crippen LogP contribution in [0.5, 0.6) is 0 Å². The molecule has 4 heteroatoms. The average molecular weight is 174 g/mol. The number of nitrogens with one attached hydrogen (secondary N) is 1. The Morgan fingerprint density at radius 1 is 1.23 bits per heavy atom. The Hall–Kier alpha value is -1.68. The van der Waals surface area contributed by atoms with Crippen LogP contribution in [0.3, 0.4) is 0 Å². The predicted octanol–water partition coefficient (Wildman–Crippen LogP) is 0.307. The van der Waals surface area contributed by atoms with Crippen LogP contribution in [0.2, 0.25) is 0 Å². The Labute approximate surface area is 76.2 Å². The maximum atomic E-state index is 5.59. The van der Waals surface area contributed by atoms with Crippen molar-refractivity contribution < 1.29 is 0 Å². The summed E-state index contributed by atoms with van der Waals surface area (Å²) in [6.07, 6.45) is 1.23. The molecule has 0 saturated carbocycles. The number of nitrogens with two attached hydrogens (primary N) is 1. The van der Waals surface area contributed by atoms with Crippen molar-refractivity contribution in [2.45, 2.75) is 6.17 Å². The fraction of sp³-hybridized carbons (Fsp3) is 0.111. The van der Waals surface area contributed by atoms with Gasteiger partial charge in [-0.15, -0.1) is 0 Å². The summed E-state index contributed by atoms with van der Waals surface area (Å²) in [6, 6.07) is 9.77. The molecule has 1 unspecified atom stereocenters. The smallest absolute Gasteiger partial charge is 0.150 e. The van der Waals surface area contributed by atoms with E-state index in [1.807, 2.05) is 30.3 Å². The van der Waals surface area contributed by atoms with Crippen LogP contribution in [0.1, 0.15) is 5.56 Å². The Morgan fingerprint density at radius 2 is 2.00 bits per heavy atom. The molecule has 1 aliphatic heterocycles. The summed E-state index contributed by atoms with van der Waals surface area (Å²) in [5.74, 6) is 0.718. The van der Waals surface area contributed by atoms with E-state index in [1.54, 1.807) is 6.21 Å². The first-order valence-corrected chi connectivity index (χ1v) is 4.04. The largest absolute Gasteiger partial charge is 0.305 e. The minimum atomic E-state index is -0.337. The maximum absolute atomic E-state index is 5.59. The van der Waals surface area contributed by atoms with Gasteiger partial charge < -0.3 is 5.73 Å². The number of hydrogen-bond donors (Lipinski definition) is 2. The Balaban J connectivity index is 2.28. The lowest BCUT2D eigenvalue weighted by Crippen LogP contribution is -2.32. The van der Waals surface area contributed by atoms with Crippen LogP contribution in [0.25, 0.3) is 0 Å². The second-order valence-corrected chi connectivity index (χ2v) is 2.72. The second-order valence-electron chi connectivity index (χ2n) is 2.72. The normalized spacial score (nSPS) is 20.7. The molecule has 1 atom stereocenters. The summed E-state index contributed by atoms with van der Waals surface area (Å²) >= 11 is 0. The van der Waals surface area contributed by atoms with Crippen molar-refractivity contribution in [2.24, 2.45) is 15.8 Å². The number of benzene rings is 1. The third kappa shape index (κ3) is 1.73. The van der Waals surface area contributed by atoms with Gasteiger partial charge in [0.2, 0.25) is 0 Å². The Kier molecular flexibility index (Phi) is 2.06. The lowest BCUT2D eigenvalue weighted by molar-refractivity contribution is 0.861. The van der Waals surface area contributed by atoms with Crippen LogP contribution in [-0.4, -0.2) is 18.2 Å². The first-order valence-electron chi connectivity index (χ1n) is 4.04. The molecule has 1 heterocycles. The highest BCUT2D eigenvalue weighted by atomic mass is 15.3. The fourth-order valence-corrected chi connectivity index (χ4v) is 1.12. The molecule has 13 heavy (non-hydrogen) atoms. The van der Waals surface area contributed by atoms with Gasteiger partial charge in [-0.1, -0.05) is 30.3 Å². The molecule has 0 aromatic heterocycles. The molecule has 0 spiro atoms. The van der Waals surface area contributed by atoms with Gasteiger partial charge in [0.05, 0.1) is 6.21 Å². The van der Waals surface area contributed by atoms with Gasteiger partial charge in [0, 0.05) is 5.56 Å². The summed E-state index contributed by atoms with van der Waals surface area (Å²) in [6.45, 7) is 0. The monoisotopic (exact) mass is 174 g/mol. The van der Waals surface area contributed by atoms with E-state index < -0.39 is 0 Å². The third-order valence-electron chi connectivity index (χ3n) is 1.72. The number of amidine groups is 1.